The molecular weight excluding hydrogens is 620 g/mol. The lowest BCUT2D eigenvalue weighted by Gasteiger charge is -2.39. The van der Waals surface area contributed by atoms with Crippen LogP contribution in [0.25, 0.3) is 0 Å². The van der Waals surface area contributed by atoms with E-state index in [4.69, 9.17) is 18.9 Å². The number of ether oxygens (including phenoxy) is 4. The summed E-state index contributed by atoms with van der Waals surface area (Å²) in [6.45, 7) is 14.6. The van der Waals surface area contributed by atoms with E-state index in [9.17, 15) is 29.7 Å². The van der Waals surface area contributed by atoms with Crippen molar-refractivity contribution < 1.29 is 48.7 Å². The largest absolute Gasteiger partial charge is 0.457 e. The third-order valence-electron chi connectivity index (χ3n) is 9.72. The lowest BCUT2D eigenvalue weighted by atomic mass is 9.88. The quantitative estimate of drug-likeness (QED) is 0.102. The molecule has 0 spiro atoms. The number of piperazine rings is 1. The van der Waals surface area contributed by atoms with Gasteiger partial charge in [0, 0.05) is 51.4 Å². The fraction of sp³-hybridized carbons (Fsp3) is 0.750. The zero-order chi connectivity index (χ0) is 35.8. The lowest BCUT2D eigenvalue weighted by molar-refractivity contribution is -0.158. The molecule has 10 atom stereocenters. The minimum atomic E-state index is -1.32. The molecule has 0 aromatic heterocycles. The van der Waals surface area contributed by atoms with Gasteiger partial charge in [-0.2, -0.15) is 0 Å². The van der Waals surface area contributed by atoms with Gasteiger partial charge in [-0.25, -0.2) is 4.79 Å². The van der Waals surface area contributed by atoms with E-state index >= 15 is 0 Å². The lowest BCUT2D eigenvalue weighted by Crippen LogP contribution is -2.52. The number of cyclic esters (lactones) is 1. The molecule has 272 valence electrons. The molecule has 3 aliphatic heterocycles. The Bertz CT molecular complexity index is 1190. The van der Waals surface area contributed by atoms with Crippen LogP contribution in [0.2, 0.25) is 0 Å². The molecule has 0 saturated carbocycles. The second-order valence-corrected chi connectivity index (χ2v) is 14.4. The molecule has 0 aliphatic carbocycles. The van der Waals surface area contributed by atoms with Crippen LogP contribution < -0.4 is 0 Å². The smallest absolute Gasteiger partial charge is 0.410 e. The molecule has 0 radical (unpaired) electrons. The van der Waals surface area contributed by atoms with E-state index in [-0.39, 0.29) is 37.4 Å². The molecule has 3 rings (SSSR count). The highest BCUT2D eigenvalue weighted by Crippen LogP contribution is 2.38. The summed E-state index contributed by atoms with van der Waals surface area (Å²) in [5.74, 6) is -1.56. The van der Waals surface area contributed by atoms with Crippen LogP contribution in [0.15, 0.2) is 36.0 Å². The van der Waals surface area contributed by atoms with Crippen molar-refractivity contribution in [3.8, 4) is 0 Å². The number of rotatable bonds is 10. The van der Waals surface area contributed by atoms with Gasteiger partial charge >= 0.3 is 18.0 Å². The van der Waals surface area contributed by atoms with Crippen molar-refractivity contribution in [1.29, 1.82) is 0 Å². The van der Waals surface area contributed by atoms with Crippen molar-refractivity contribution in [2.24, 2.45) is 11.8 Å². The molecule has 0 bridgehead atoms. The fourth-order valence-corrected chi connectivity index (χ4v) is 6.33. The number of nitrogens with zero attached hydrogens (tertiary/aromatic N) is 2. The Kier molecular flexibility index (Phi) is 14.3. The summed E-state index contributed by atoms with van der Waals surface area (Å²) in [4.78, 5) is 42.2. The number of likely N-dealkylation sites (N-methyl/N-ethyl adjacent to an activating group) is 1. The van der Waals surface area contributed by atoms with Crippen LogP contribution in [-0.4, -0.2) is 124 Å². The molecule has 12 heteroatoms. The first kappa shape index (κ1) is 39.7. The number of allylic oxidation sites excluding steroid dienone is 2. The van der Waals surface area contributed by atoms with Gasteiger partial charge in [0.15, 0.2) is 11.7 Å². The normalized spacial score (nSPS) is 33.5. The van der Waals surface area contributed by atoms with Crippen LogP contribution in [0.4, 0.5) is 4.79 Å². The third-order valence-corrected chi connectivity index (χ3v) is 9.72. The molecule has 10 unspecified atom stereocenters. The second-order valence-electron chi connectivity index (χ2n) is 14.4. The minimum Gasteiger partial charge on any atom is -0.457 e. The fourth-order valence-electron chi connectivity index (χ4n) is 6.33. The van der Waals surface area contributed by atoms with Gasteiger partial charge in [0.05, 0.1) is 36.4 Å². The van der Waals surface area contributed by atoms with Gasteiger partial charge in [0.25, 0.3) is 0 Å². The van der Waals surface area contributed by atoms with Gasteiger partial charge in [0.2, 0.25) is 0 Å². The van der Waals surface area contributed by atoms with Crippen molar-refractivity contribution in [2.75, 3.05) is 33.2 Å². The molecule has 0 aromatic carbocycles. The summed E-state index contributed by atoms with van der Waals surface area (Å²) < 4.78 is 23.4. The van der Waals surface area contributed by atoms with Gasteiger partial charge in [0.1, 0.15) is 6.10 Å². The maximum absolute atomic E-state index is 13.3. The number of esters is 2. The standard InChI is InChI=1S/C36H58N2O10/c1-9-28(41)25(4)33-29(46-33)22-35(6,44)15-10-11-23(2)32-24(3)12-13-30(45-26(5)39)36(7,16-14-27(40)21-31(42)47-32)48-34(43)38-19-17-37(8)18-20-38/h10-13,15,24-25,27-30,32-33,40-41,44H,9,14,16-22H2,1-8H3. The highest BCUT2D eigenvalue weighted by molar-refractivity contribution is 5.71. The summed E-state index contributed by atoms with van der Waals surface area (Å²) in [5, 5.41) is 32.0. The van der Waals surface area contributed by atoms with Gasteiger partial charge < -0.3 is 44.1 Å². The highest BCUT2D eigenvalue weighted by Gasteiger charge is 2.47. The van der Waals surface area contributed by atoms with Crippen LogP contribution in [0, 0.1) is 11.8 Å². The maximum Gasteiger partial charge on any atom is 0.410 e. The van der Waals surface area contributed by atoms with Gasteiger partial charge in [-0.05, 0) is 58.7 Å². The molecule has 1 amide bonds. The first-order valence-electron chi connectivity index (χ1n) is 17.3. The first-order valence-corrected chi connectivity index (χ1v) is 17.3. The van der Waals surface area contributed by atoms with Gasteiger partial charge in [-0.3, -0.25) is 9.59 Å². The number of aliphatic hydroxyl groups excluding tert-OH is 2. The van der Waals surface area contributed by atoms with Crippen LogP contribution >= 0.6 is 0 Å². The molecule has 3 N–H and O–H groups in total. The number of amides is 1. The number of carbonyl (C=O) groups is 3. The Morgan fingerprint density at radius 1 is 1.21 bits per heavy atom. The predicted molar refractivity (Wildman–Crippen MR) is 180 cm³/mol. The molecule has 12 nitrogen and oxygen atoms in total. The van der Waals surface area contributed by atoms with Crippen LogP contribution in [0.5, 0.6) is 0 Å². The Morgan fingerprint density at radius 2 is 1.88 bits per heavy atom. The Morgan fingerprint density at radius 3 is 2.50 bits per heavy atom. The number of epoxide rings is 1. The monoisotopic (exact) mass is 678 g/mol. The van der Waals surface area contributed by atoms with E-state index in [2.05, 4.69) is 4.90 Å². The predicted octanol–water partition coefficient (Wildman–Crippen LogP) is 3.53. The first-order chi connectivity index (χ1) is 22.4. The van der Waals surface area contributed by atoms with Crippen LogP contribution in [0.3, 0.4) is 0 Å². The van der Waals surface area contributed by atoms with Crippen LogP contribution in [0.1, 0.15) is 80.6 Å². The summed E-state index contributed by atoms with van der Waals surface area (Å²) in [6.07, 6.45) is 5.55. The van der Waals surface area contributed by atoms with Crippen molar-refractivity contribution in [2.45, 2.75) is 128 Å². The van der Waals surface area contributed by atoms with Crippen molar-refractivity contribution >= 4 is 18.0 Å². The second kappa shape index (κ2) is 17.2. The van der Waals surface area contributed by atoms with Crippen molar-refractivity contribution in [3.05, 3.63) is 36.0 Å². The Labute approximate surface area is 285 Å². The average Bonchev–Trinajstić information content (AvgIpc) is 3.77. The van der Waals surface area contributed by atoms with Gasteiger partial charge in [-0.1, -0.05) is 45.1 Å². The number of carbonyl (C=O) groups excluding carboxylic acids is 3. The summed E-state index contributed by atoms with van der Waals surface area (Å²) >= 11 is 0. The van der Waals surface area contributed by atoms with Crippen molar-refractivity contribution in [3.63, 3.8) is 0 Å². The molecule has 48 heavy (non-hydrogen) atoms. The summed E-state index contributed by atoms with van der Waals surface area (Å²) in [7, 11) is 1.98. The summed E-state index contributed by atoms with van der Waals surface area (Å²) in [6, 6.07) is 0. The molecule has 3 aliphatic rings. The number of aliphatic hydroxyl groups is 3. The van der Waals surface area contributed by atoms with E-state index in [0.717, 1.165) is 0 Å². The Hall–Kier alpha value is -2.77. The van der Waals surface area contributed by atoms with E-state index in [1.165, 1.54) is 6.92 Å². The molecule has 2 fully saturated rings. The SMILES string of the molecule is CCC(O)C(C)C1OC1CC(C)(O)C=CC=C(C)C1OC(=O)CC(O)CCC(C)(OC(=O)N2CCN(C)CC2)C(OC(C)=O)C=CC1C. The zero-order valence-corrected chi connectivity index (χ0v) is 30.0. The van der Waals surface area contributed by atoms with E-state index in [1.807, 2.05) is 34.7 Å². The van der Waals surface area contributed by atoms with Gasteiger partial charge in [-0.15, -0.1) is 0 Å². The average molecular weight is 679 g/mol. The van der Waals surface area contributed by atoms with Crippen molar-refractivity contribution in [1.82, 2.24) is 9.80 Å². The molecule has 3 heterocycles. The Balaban J connectivity index is 1.80. The maximum atomic E-state index is 13.3. The van der Waals surface area contributed by atoms with E-state index < -0.39 is 59.6 Å². The number of hydrogen-bond acceptors (Lipinski definition) is 11. The molecular formula is C36H58N2O10. The summed E-state index contributed by atoms with van der Waals surface area (Å²) in [5.41, 5.74) is -1.81. The molecule has 2 saturated heterocycles. The highest BCUT2D eigenvalue weighted by atomic mass is 16.6. The third kappa shape index (κ3) is 11.7. The topological polar surface area (TPSA) is 159 Å². The van der Waals surface area contributed by atoms with Crippen LogP contribution in [-0.2, 0) is 28.5 Å². The zero-order valence-electron chi connectivity index (χ0n) is 30.0. The molecule has 0 aromatic rings. The van der Waals surface area contributed by atoms with E-state index in [1.54, 1.807) is 49.1 Å². The van der Waals surface area contributed by atoms with E-state index in [0.29, 0.717) is 44.6 Å². The minimum absolute atomic E-state index is 0.0203. The number of hydrogen-bond donors (Lipinski definition) is 3.